The fraction of sp³-hybridized carbons (Fsp3) is 0.500. The summed E-state index contributed by atoms with van der Waals surface area (Å²) >= 11 is 0. The molecule has 2 fully saturated rings. The van der Waals surface area contributed by atoms with Crippen molar-refractivity contribution in [1.82, 2.24) is 14.5 Å². The predicted octanol–water partition coefficient (Wildman–Crippen LogP) is 2.08. The summed E-state index contributed by atoms with van der Waals surface area (Å²) < 4.78 is 7.03. The van der Waals surface area contributed by atoms with Gasteiger partial charge in [0.15, 0.2) is 0 Å². The summed E-state index contributed by atoms with van der Waals surface area (Å²) in [7, 11) is 0. The number of nitrogens with zero attached hydrogens (tertiary/aromatic N) is 3. The number of rotatable bonds is 5. The first-order chi connectivity index (χ1) is 11.7. The van der Waals surface area contributed by atoms with Crippen LogP contribution >= 0.6 is 0 Å². The number of hydrogen-bond donors (Lipinski definition) is 0. The van der Waals surface area contributed by atoms with Crippen LogP contribution < -0.4 is 0 Å². The number of ether oxygens (including phenoxy) is 1. The summed E-state index contributed by atoms with van der Waals surface area (Å²) in [6.45, 7) is 3.00. The fourth-order valence-electron chi connectivity index (χ4n) is 3.55. The van der Waals surface area contributed by atoms with Crippen LogP contribution in [0.15, 0.2) is 24.3 Å². The van der Waals surface area contributed by atoms with Gasteiger partial charge < -0.3 is 14.2 Å². The first-order valence-electron chi connectivity index (χ1n) is 8.57. The van der Waals surface area contributed by atoms with E-state index in [4.69, 9.17) is 9.72 Å². The number of imidazole rings is 1. The Morgan fingerprint density at radius 2 is 2.12 bits per heavy atom. The van der Waals surface area contributed by atoms with Gasteiger partial charge in [-0.2, -0.15) is 0 Å². The summed E-state index contributed by atoms with van der Waals surface area (Å²) in [5.41, 5.74) is 1.77. The van der Waals surface area contributed by atoms with Crippen molar-refractivity contribution < 1.29 is 14.3 Å². The number of amides is 1. The molecule has 1 amide bonds. The number of aromatic nitrogens is 2. The van der Waals surface area contributed by atoms with Gasteiger partial charge in [0, 0.05) is 24.9 Å². The molecule has 4 rings (SSSR count). The topological polar surface area (TPSA) is 64.4 Å². The molecule has 1 aromatic heterocycles. The van der Waals surface area contributed by atoms with Crippen molar-refractivity contribution in [2.75, 3.05) is 13.2 Å². The molecule has 1 aliphatic heterocycles. The van der Waals surface area contributed by atoms with Gasteiger partial charge in [0.2, 0.25) is 5.91 Å². The number of para-hydroxylation sites is 2. The molecule has 2 heterocycles. The van der Waals surface area contributed by atoms with Crippen LogP contribution in [0.25, 0.3) is 11.0 Å². The van der Waals surface area contributed by atoms with E-state index in [1.165, 1.54) is 0 Å². The van der Waals surface area contributed by atoms with E-state index in [0.29, 0.717) is 25.6 Å². The Hall–Kier alpha value is -2.37. The minimum absolute atomic E-state index is 0.0416. The molecule has 0 radical (unpaired) electrons. The van der Waals surface area contributed by atoms with E-state index in [1.807, 2.05) is 33.7 Å². The Balaban J connectivity index is 1.69. The van der Waals surface area contributed by atoms with Gasteiger partial charge in [-0.05, 0) is 31.9 Å². The molecule has 0 N–H and O–H groups in total. The lowest BCUT2D eigenvalue weighted by atomic mass is 10.1. The van der Waals surface area contributed by atoms with Gasteiger partial charge in [0.1, 0.15) is 12.4 Å². The largest absolute Gasteiger partial charge is 0.465 e. The Labute approximate surface area is 140 Å². The van der Waals surface area contributed by atoms with Gasteiger partial charge in [-0.15, -0.1) is 0 Å². The van der Waals surface area contributed by atoms with Gasteiger partial charge in [0.25, 0.3) is 0 Å². The first kappa shape index (κ1) is 15.2. The van der Waals surface area contributed by atoms with Crippen molar-refractivity contribution in [3.63, 3.8) is 0 Å². The molecule has 1 atom stereocenters. The van der Waals surface area contributed by atoms with Crippen molar-refractivity contribution in [3.05, 3.63) is 30.1 Å². The number of benzene rings is 1. The lowest BCUT2D eigenvalue weighted by molar-refractivity contribution is -0.143. The van der Waals surface area contributed by atoms with Gasteiger partial charge >= 0.3 is 5.97 Å². The maximum atomic E-state index is 12.3. The maximum Gasteiger partial charge on any atom is 0.326 e. The standard InChI is InChI=1S/C18H21N3O3/c1-2-24-17(23)11-21-15-6-4-3-5-14(15)19-18(21)12-9-16(22)20(10-12)13-7-8-13/h3-6,12-13H,2,7-11H2,1H3/t12-/m0/s1. The molecule has 126 valence electrons. The van der Waals surface area contributed by atoms with Crippen LogP contribution in [-0.4, -0.2) is 45.5 Å². The van der Waals surface area contributed by atoms with Crippen molar-refractivity contribution in [2.24, 2.45) is 0 Å². The zero-order valence-corrected chi connectivity index (χ0v) is 13.8. The van der Waals surface area contributed by atoms with Crippen LogP contribution in [0.3, 0.4) is 0 Å². The van der Waals surface area contributed by atoms with Crippen molar-refractivity contribution in [2.45, 2.75) is 44.7 Å². The smallest absolute Gasteiger partial charge is 0.326 e. The normalized spacial score (nSPS) is 20.8. The van der Waals surface area contributed by atoms with Crippen LogP contribution in [0, 0.1) is 0 Å². The van der Waals surface area contributed by atoms with Crippen LogP contribution in [0.1, 0.15) is 37.9 Å². The molecule has 2 aliphatic rings. The lowest BCUT2D eigenvalue weighted by Crippen LogP contribution is -2.27. The minimum Gasteiger partial charge on any atom is -0.465 e. The average molecular weight is 327 g/mol. The van der Waals surface area contributed by atoms with Gasteiger partial charge in [0.05, 0.1) is 17.6 Å². The molecular weight excluding hydrogens is 306 g/mol. The summed E-state index contributed by atoms with van der Waals surface area (Å²) in [4.78, 5) is 31.0. The zero-order valence-electron chi connectivity index (χ0n) is 13.8. The molecule has 1 aliphatic carbocycles. The lowest BCUT2D eigenvalue weighted by Gasteiger charge is -2.16. The van der Waals surface area contributed by atoms with Crippen molar-refractivity contribution in [1.29, 1.82) is 0 Å². The highest BCUT2D eigenvalue weighted by Gasteiger charge is 2.41. The molecule has 2 aromatic rings. The van der Waals surface area contributed by atoms with Crippen molar-refractivity contribution >= 4 is 22.9 Å². The second-order valence-electron chi connectivity index (χ2n) is 6.53. The average Bonchev–Trinajstić information content (AvgIpc) is 3.25. The summed E-state index contributed by atoms with van der Waals surface area (Å²) in [5.74, 6) is 0.795. The second-order valence-corrected chi connectivity index (χ2v) is 6.53. The van der Waals surface area contributed by atoms with E-state index in [1.54, 1.807) is 6.92 Å². The summed E-state index contributed by atoms with van der Waals surface area (Å²) in [5, 5.41) is 0. The maximum absolute atomic E-state index is 12.3. The molecule has 0 bridgehead atoms. The Kier molecular flexibility index (Phi) is 3.75. The Bertz CT molecular complexity index is 794. The van der Waals surface area contributed by atoms with Gasteiger partial charge in [-0.25, -0.2) is 4.98 Å². The number of likely N-dealkylation sites (tertiary alicyclic amines) is 1. The molecule has 1 aromatic carbocycles. The zero-order chi connectivity index (χ0) is 16.7. The van der Waals surface area contributed by atoms with E-state index < -0.39 is 0 Å². The third-order valence-corrected chi connectivity index (χ3v) is 4.79. The van der Waals surface area contributed by atoms with E-state index in [0.717, 1.165) is 29.7 Å². The van der Waals surface area contributed by atoms with Crippen molar-refractivity contribution in [3.8, 4) is 0 Å². The molecule has 0 spiro atoms. The molecule has 1 saturated heterocycles. The van der Waals surface area contributed by atoms with Gasteiger partial charge in [-0.1, -0.05) is 12.1 Å². The number of carbonyl (C=O) groups excluding carboxylic acids is 2. The Morgan fingerprint density at radius 3 is 2.88 bits per heavy atom. The first-order valence-corrected chi connectivity index (χ1v) is 8.57. The molecule has 0 unspecified atom stereocenters. The van der Waals surface area contributed by atoms with E-state index in [-0.39, 0.29) is 24.3 Å². The third kappa shape index (κ3) is 2.66. The SMILES string of the molecule is CCOC(=O)Cn1c([C@H]2CC(=O)N(C3CC3)C2)nc2ccccc21. The monoisotopic (exact) mass is 327 g/mol. The van der Waals surface area contributed by atoms with Crippen LogP contribution in [0.5, 0.6) is 0 Å². The van der Waals surface area contributed by atoms with E-state index in [9.17, 15) is 9.59 Å². The second kappa shape index (κ2) is 5.92. The number of fused-ring (bicyclic) bond motifs is 1. The molecular formula is C18H21N3O3. The van der Waals surface area contributed by atoms with E-state index in [2.05, 4.69) is 0 Å². The Morgan fingerprint density at radius 1 is 1.33 bits per heavy atom. The highest BCUT2D eigenvalue weighted by Crippen LogP contribution is 2.37. The molecule has 24 heavy (non-hydrogen) atoms. The number of carbonyl (C=O) groups is 2. The summed E-state index contributed by atoms with van der Waals surface area (Å²) in [6.07, 6.45) is 2.69. The van der Waals surface area contributed by atoms with Gasteiger partial charge in [-0.3, -0.25) is 9.59 Å². The predicted molar refractivity (Wildman–Crippen MR) is 88.5 cm³/mol. The molecule has 6 nitrogen and oxygen atoms in total. The number of hydrogen-bond acceptors (Lipinski definition) is 4. The minimum atomic E-state index is -0.273. The van der Waals surface area contributed by atoms with E-state index >= 15 is 0 Å². The highest BCUT2D eigenvalue weighted by molar-refractivity contribution is 5.82. The van der Waals surface area contributed by atoms with Crippen LogP contribution in [-0.2, 0) is 20.9 Å². The van der Waals surface area contributed by atoms with Crippen LogP contribution in [0.4, 0.5) is 0 Å². The fourth-order valence-corrected chi connectivity index (χ4v) is 3.55. The quantitative estimate of drug-likeness (QED) is 0.789. The highest BCUT2D eigenvalue weighted by atomic mass is 16.5. The summed E-state index contributed by atoms with van der Waals surface area (Å²) in [6, 6.07) is 8.19. The third-order valence-electron chi connectivity index (χ3n) is 4.79. The number of esters is 1. The molecule has 1 saturated carbocycles. The molecule has 6 heteroatoms. The van der Waals surface area contributed by atoms with Crippen LogP contribution in [0.2, 0.25) is 0 Å².